The van der Waals surface area contributed by atoms with Crippen molar-refractivity contribution in [2.24, 2.45) is 5.84 Å². The van der Waals surface area contributed by atoms with Crippen LogP contribution in [-0.2, 0) is 14.8 Å². The summed E-state index contributed by atoms with van der Waals surface area (Å²) in [5.74, 6) is 5.34. The third kappa shape index (κ3) is 4.01. The van der Waals surface area contributed by atoms with Crippen molar-refractivity contribution in [2.75, 3.05) is 32.7 Å². The van der Waals surface area contributed by atoms with E-state index in [2.05, 4.69) is 10.4 Å². The van der Waals surface area contributed by atoms with Crippen LogP contribution in [0.2, 0.25) is 5.02 Å². The molecular weight excluding hydrogens is 308 g/mol. The van der Waals surface area contributed by atoms with Crippen molar-refractivity contribution in [3.05, 3.63) is 17.3 Å². The largest absolute Gasteiger partial charge is 0.389 e. The van der Waals surface area contributed by atoms with Crippen molar-refractivity contribution >= 4 is 27.4 Å². The van der Waals surface area contributed by atoms with Crippen LogP contribution >= 0.6 is 11.6 Å². The van der Waals surface area contributed by atoms with Crippen molar-refractivity contribution in [3.8, 4) is 0 Å². The number of anilines is 1. The molecule has 1 aromatic rings. The van der Waals surface area contributed by atoms with Gasteiger partial charge in [-0.1, -0.05) is 11.6 Å². The zero-order valence-electron chi connectivity index (χ0n) is 11.1. The number of hydrogen-bond donors (Lipinski definition) is 3. The van der Waals surface area contributed by atoms with Crippen LogP contribution in [0.15, 0.2) is 17.2 Å². The molecule has 0 saturated heterocycles. The second-order valence-corrected chi connectivity index (χ2v) is 6.49. The number of hydrazine groups is 1. The summed E-state index contributed by atoms with van der Waals surface area (Å²) in [4.78, 5) is 3.71. The number of hydrogen-bond acceptors (Lipinski definition) is 7. The fourth-order valence-electron chi connectivity index (χ4n) is 1.49. The van der Waals surface area contributed by atoms with Gasteiger partial charge in [-0.25, -0.2) is 19.2 Å². The molecule has 0 fully saturated rings. The maximum Gasteiger partial charge on any atom is 0.244 e. The summed E-state index contributed by atoms with van der Waals surface area (Å²) in [5, 5.41) is 9.65. The standard InChI is InChI=1S/C10H17ClN4O4S/c1-15(5-7(16)6-19-2)20(17,18)8-3-9(11)10(14-12)13-4-8/h3-4,7,16H,5-6,12H2,1-2H3,(H,13,14). The van der Waals surface area contributed by atoms with Crippen molar-refractivity contribution < 1.29 is 18.3 Å². The van der Waals surface area contributed by atoms with Crippen LogP contribution in [-0.4, -0.2) is 56.2 Å². The number of aromatic nitrogens is 1. The summed E-state index contributed by atoms with van der Waals surface area (Å²) in [7, 11) is -1.04. The average molecular weight is 325 g/mol. The van der Waals surface area contributed by atoms with Crippen LogP contribution in [0.4, 0.5) is 5.82 Å². The molecule has 1 unspecified atom stereocenters. The Bertz CT molecular complexity index is 554. The molecule has 10 heteroatoms. The minimum atomic E-state index is -3.80. The first-order valence-electron chi connectivity index (χ1n) is 5.58. The number of halogens is 1. The van der Waals surface area contributed by atoms with E-state index in [-0.39, 0.29) is 28.9 Å². The number of aliphatic hydroxyl groups is 1. The van der Waals surface area contributed by atoms with Gasteiger partial charge in [0.25, 0.3) is 0 Å². The number of aliphatic hydroxyl groups excluding tert-OH is 1. The molecule has 0 bridgehead atoms. The number of nitrogens with zero attached hydrogens (tertiary/aromatic N) is 2. The number of pyridine rings is 1. The van der Waals surface area contributed by atoms with Gasteiger partial charge >= 0.3 is 0 Å². The number of nitrogens with one attached hydrogen (secondary N) is 1. The summed E-state index contributed by atoms with van der Waals surface area (Å²) in [5.41, 5.74) is 2.24. The van der Waals surface area contributed by atoms with Gasteiger partial charge in [0, 0.05) is 26.9 Å². The zero-order chi connectivity index (χ0) is 15.3. The van der Waals surface area contributed by atoms with Gasteiger partial charge < -0.3 is 15.3 Å². The van der Waals surface area contributed by atoms with Crippen LogP contribution < -0.4 is 11.3 Å². The predicted octanol–water partition coefficient (Wildman–Crippen LogP) is -0.352. The van der Waals surface area contributed by atoms with Gasteiger partial charge in [-0.05, 0) is 6.07 Å². The molecule has 0 amide bonds. The molecule has 1 atom stereocenters. The van der Waals surface area contributed by atoms with Gasteiger partial charge in [0.1, 0.15) is 4.90 Å². The molecule has 0 saturated carbocycles. The third-order valence-electron chi connectivity index (χ3n) is 2.49. The Kier molecular flexibility index (Phi) is 6.11. The SMILES string of the molecule is COCC(O)CN(C)S(=O)(=O)c1cnc(NN)c(Cl)c1. The number of sulfonamides is 1. The molecule has 0 aliphatic carbocycles. The highest BCUT2D eigenvalue weighted by Gasteiger charge is 2.24. The van der Waals surface area contributed by atoms with Gasteiger partial charge in [-0.15, -0.1) is 0 Å². The molecule has 8 nitrogen and oxygen atoms in total. The Labute approximate surface area is 122 Å². The van der Waals surface area contributed by atoms with E-state index in [1.54, 1.807) is 0 Å². The van der Waals surface area contributed by atoms with Gasteiger partial charge in [-0.2, -0.15) is 4.31 Å². The Morgan fingerprint density at radius 3 is 2.80 bits per heavy atom. The normalized spacial score (nSPS) is 13.5. The summed E-state index contributed by atoms with van der Waals surface area (Å²) in [6.45, 7) is -0.0699. The summed E-state index contributed by atoms with van der Waals surface area (Å²) in [6.07, 6.45) is 0.212. The molecular formula is C10H17ClN4O4S. The molecule has 1 rings (SSSR count). The number of likely N-dealkylation sites (N-methyl/N-ethyl adjacent to an activating group) is 1. The number of methoxy groups -OCH3 is 1. The maximum atomic E-state index is 12.2. The second kappa shape index (κ2) is 7.16. The molecule has 1 heterocycles. The van der Waals surface area contributed by atoms with Crippen molar-refractivity contribution in [3.63, 3.8) is 0 Å². The minimum Gasteiger partial charge on any atom is -0.389 e. The van der Waals surface area contributed by atoms with E-state index in [1.165, 1.54) is 20.2 Å². The molecule has 0 radical (unpaired) electrons. The monoisotopic (exact) mass is 324 g/mol. The Balaban J connectivity index is 2.95. The predicted molar refractivity (Wildman–Crippen MR) is 74.8 cm³/mol. The lowest BCUT2D eigenvalue weighted by molar-refractivity contribution is 0.0554. The first-order valence-corrected chi connectivity index (χ1v) is 7.40. The lowest BCUT2D eigenvalue weighted by Crippen LogP contribution is -2.36. The Hall–Kier alpha value is -0.970. The fourth-order valence-corrected chi connectivity index (χ4v) is 2.95. The highest BCUT2D eigenvalue weighted by atomic mass is 35.5. The number of rotatable bonds is 7. The molecule has 20 heavy (non-hydrogen) atoms. The van der Waals surface area contributed by atoms with E-state index >= 15 is 0 Å². The van der Waals surface area contributed by atoms with Crippen LogP contribution in [0.3, 0.4) is 0 Å². The van der Waals surface area contributed by atoms with E-state index in [9.17, 15) is 13.5 Å². The molecule has 0 aliphatic heterocycles. The second-order valence-electron chi connectivity index (χ2n) is 4.04. The fraction of sp³-hybridized carbons (Fsp3) is 0.500. The minimum absolute atomic E-state index is 0.0366. The summed E-state index contributed by atoms with van der Waals surface area (Å²) in [6, 6.07) is 1.23. The Morgan fingerprint density at radius 2 is 2.30 bits per heavy atom. The van der Waals surface area contributed by atoms with Gasteiger partial charge in [0.2, 0.25) is 10.0 Å². The van der Waals surface area contributed by atoms with E-state index in [0.29, 0.717) is 0 Å². The summed E-state index contributed by atoms with van der Waals surface area (Å²) < 4.78 is 30.2. The van der Waals surface area contributed by atoms with Crippen LogP contribution in [0.5, 0.6) is 0 Å². The van der Waals surface area contributed by atoms with Gasteiger partial charge in [0.05, 0.1) is 17.7 Å². The number of nitrogens with two attached hydrogens (primary N) is 1. The van der Waals surface area contributed by atoms with Crippen LogP contribution in [0.25, 0.3) is 0 Å². The highest BCUT2D eigenvalue weighted by Crippen LogP contribution is 2.23. The summed E-state index contributed by atoms with van der Waals surface area (Å²) >= 11 is 5.84. The molecule has 0 aromatic carbocycles. The first kappa shape index (κ1) is 17.1. The topological polar surface area (TPSA) is 118 Å². The van der Waals surface area contributed by atoms with Crippen molar-refractivity contribution in [1.29, 1.82) is 0 Å². The average Bonchev–Trinajstić information content (AvgIpc) is 2.38. The van der Waals surface area contributed by atoms with Crippen LogP contribution in [0.1, 0.15) is 0 Å². The lowest BCUT2D eigenvalue weighted by Gasteiger charge is -2.20. The molecule has 0 aliphatic rings. The van der Waals surface area contributed by atoms with E-state index in [1.807, 2.05) is 0 Å². The van der Waals surface area contributed by atoms with Gasteiger partial charge in [-0.3, -0.25) is 0 Å². The zero-order valence-corrected chi connectivity index (χ0v) is 12.6. The molecule has 1 aromatic heterocycles. The van der Waals surface area contributed by atoms with Crippen molar-refractivity contribution in [2.45, 2.75) is 11.0 Å². The van der Waals surface area contributed by atoms with Gasteiger partial charge in [0.15, 0.2) is 5.82 Å². The van der Waals surface area contributed by atoms with Crippen LogP contribution in [0, 0.1) is 0 Å². The molecule has 114 valence electrons. The maximum absolute atomic E-state index is 12.2. The molecule has 0 spiro atoms. The number of ether oxygens (including phenoxy) is 1. The van der Waals surface area contributed by atoms with E-state index in [4.69, 9.17) is 22.2 Å². The van der Waals surface area contributed by atoms with E-state index < -0.39 is 16.1 Å². The molecule has 4 N–H and O–H groups in total. The first-order chi connectivity index (χ1) is 9.32. The smallest absolute Gasteiger partial charge is 0.244 e. The Morgan fingerprint density at radius 1 is 1.65 bits per heavy atom. The third-order valence-corrected chi connectivity index (χ3v) is 4.56. The highest BCUT2D eigenvalue weighted by molar-refractivity contribution is 7.89. The lowest BCUT2D eigenvalue weighted by atomic mass is 10.4. The number of nitrogen functional groups attached to an aromatic ring is 1. The quantitative estimate of drug-likeness (QED) is 0.463. The van der Waals surface area contributed by atoms with Crippen molar-refractivity contribution in [1.82, 2.24) is 9.29 Å². The van der Waals surface area contributed by atoms with E-state index in [0.717, 1.165) is 10.5 Å².